The fraction of sp³-hybridized carbons (Fsp3) is 0.650. The number of rotatable bonds is 12. The number of ether oxygens (including phenoxy) is 1. The number of carbonyl (C=O) groups excluding carboxylic acids is 1. The molecule has 0 aliphatic carbocycles. The third-order valence-corrected chi connectivity index (χ3v) is 7.21. The number of amides is 1. The molecule has 1 fully saturated rings. The van der Waals surface area contributed by atoms with Gasteiger partial charge in [-0.2, -0.15) is 0 Å². The molecule has 0 atom stereocenters. The van der Waals surface area contributed by atoms with Crippen LogP contribution in [0.25, 0.3) is 0 Å². The van der Waals surface area contributed by atoms with Crippen molar-refractivity contribution in [2.75, 3.05) is 81.3 Å². The predicted octanol–water partition coefficient (Wildman–Crippen LogP) is 2.39. The number of nitro benzene ring substituents is 1. The molecule has 1 aromatic rings. The van der Waals surface area contributed by atoms with Crippen LogP contribution in [0.2, 0.25) is 0 Å². The van der Waals surface area contributed by atoms with Gasteiger partial charge in [-0.05, 0) is 12.5 Å². The Hall–Kier alpha value is -1.28. The third kappa shape index (κ3) is 7.88. The first kappa shape index (κ1) is 28.0. The van der Waals surface area contributed by atoms with Crippen molar-refractivity contribution in [1.29, 1.82) is 0 Å². The molecule has 0 bridgehead atoms. The molecular formula is C20H30Br2N4O6S. The van der Waals surface area contributed by atoms with Crippen LogP contribution in [0.1, 0.15) is 16.8 Å². The first-order chi connectivity index (χ1) is 15.6. The number of nitro groups is 1. The SMILES string of the molecule is CN(CCCN1CCOCC1)C(=O)c1cc(N(CCBr)CCBr)c(S(C)(=O)=O)cc1[N+](=O)[O-]. The summed E-state index contributed by atoms with van der Waals surface area (Å²) >= 11 is 6.72. The molecule has 2 rings (SSSR count). The second kappa shape index (κ2) is 13.0. The molecule has 1 heterocycles. The first-order valence-corrected chi connectivity index (χ1v) is 14.7. The zero-order chi connectivity index (χ0) is 24.6. The van der Waals surface area contributed by atoms with E-state index in [9.17, 15) is 23.3 Å². The van der Waals surface area contributed by atoms with Gasteiger partial charge in [0.05, 0.1) is 28.7 Å². The molecule has 10 nitrogen and oxygen atoms in total. The molecule has 1 aliphatic rings. The van der Waals surface area contributed by atoms with Gasteiger partial charge in [-0.3, -0.25) is 19.8 Å². The molecule has 1 amide bonds. The topological polar surface area (TPSA) is 113 Å². The molecule has 1 aliphatic heterocycles. The van der Waals surface area contributed by atoms with Gasteiger partial charge in [0.25, 0.3) is 11.6 Å². The molecule has 13 heteroatoms. The third-order valence-electron chi connectivity index (χ3n) is 5.37. The maximum atomic E-state index is 13.2. The van der Waals surface area contributed by atoms with E-state index in [0.29, 0.717) is 49.9 Å². The smallest absolute Gasteiger partial charge is 0.283 e. The van der Waals surface area contributed by atoms with Gasteiger partial charge < -0.3 is 14.5 Å². The summed E-state index contributed by atoms with van der Waals surface area (Å²) in [6.45, 7) is 5.22. The lowest BCUT2D eigenvalue weighted by atomic mass is 10.1. The molecule has 1 aromatic carbocycles. The van der Waals surface area contributed by atoms with Gasteiger partial charge in [0.1, 0.15) is 5.56 Å². The highest BCUT2D eigenvalue weighted by atomic mass is 79.9. The Kier molecular flexibility index (Phi) is 11.0. The zero-order valence-corrected chi connectivity index (χ0v) is 22.8. The molecular weight excluding hydrogens is 584 g/mol. The van der Waals surface area contributed by atoms with Crippen LogP contribution in [0.5, 0.6) is 0 Å². The number of alkyl halides is 2. The number of carbonyl (C=O) groups is 1. The summed E-state index contributed by atoms with van der Waals surface area (Å²) in [4.78, 5) is 29.6. The number of anilines is 1. The first-order valence-electron chi connectivity index (χ1n) is 10.5. The largest absolute Gasteiger partial charge is 0.379 e. The molecule has 0 aromatic heterocycles. The number of halogens is 2. The van der Waals surface area contributed by atoms with E-state index < -0.39 is 26.4 Å². The van der Waals surface area contributed by atoms with E-state index in [1.54, 1.807) is 11.9 Å². The van der Waals surface area contributed by atoms with E-state index in [1.165, 1.54) is 11.0 Å². The number of morpholine rings is 1. The molecule has 186 valence electrons. The van der Waals surface area contributed by atoms with Crippen molar-refractivity contribution in [3.8, 4) is 0 Å². The second-order valence-electron chi connectivity index (χ2n) is 7.77. The molecule has 0 spiro atoms. The van der Waals surface area contributed by atoms with Crippen molar-refractivity contribution in [2.45, 2.75) is 11.3 Å². The monoisotopic (exact) mass is 612 g/mol. The Balaban J connectivity index is 2.37. The van der Waals surface area contributed by atoms with Crippen molar-refractivity contribution in [3.63, 3.8) is 0 Å². The van der Waals surface area contributed by atoms with Crippen molar-refractivity contribution in [3.05, 3.63) is 27.8 Å². The predicted molar refractivity (Wildman–Crippen MR) is 135 cm³/mol. The lowest BCUT2D eigenvalue weighted by Crippen LogP contribution is -2.38. The number of benzene rings is 1. The van der Waals surface area contributed by atoms with Crippen LogP contribution >= 0.6 is 31.9 Å². The lowest BCUT2D eigenvalue weighted by Gasteiger charge is -2.28. The van der Waals surface area contributed by atoms with Crippen LogP contribution in [0.3, 0.4) is 0 Å². The van der Waals surface area contributed by atoms with Gasteiger partial charge in [-0.25, -0.2) is 8.42 Å². The summed E-state index contributed by atoms with van der Waals surface area (Å²) in [5.41, 5.74) is -0.348. The maximum absolute atomic E-state index is 13.2. The van der Waals surface area contributed by atoms with Crippen LogP contribution in [-0.2, 0) is 14.6 Å². The number of hydrogen-bond donors (Lipinski definition) is 0. The number of nitrogens with zero attached hydrogens (tertiary/aromatic N) is 4. The summed E-state index contributed by atoms with van der Waals surface area (Å²) in [5, 5.41) is 12.9. The Morgan fingerprint density at radius 2 is 1.79 bits per heavy atom. The minimum absolute atomic E-state index is 0.120. The molecule has 0 radical (unpaired) electrons. The minimum atomic E-state index is -3.78. The Morgan fingerprint density at radius 1 is 1.18 bits per heavy atom. The zero-order valence-electron chi connectivity index (χ0n) is 18.8. The molecule has 0 unspecified atom stereocenters. The van der Waals surface area contributed by atoms with Gasteiger partial charge in [0.15, 0.2) is 9.84 Å². The van der Waals surface area contributed by atoms with E-state index in [0.717, 1.165) is 32.0 Å². The quantitative estimate of drug-likeness (QED) is 0.201. The highest BCUT2D eigenvalue weighted by molar-refractivity contribution is 9.09. The van der Waals surface area contributed by atoms with Gasteiger partial charge in [-0.15, -0.1) is 0 Å². The van der Waals surface area contributed by atoms with Gasteiger partial charge >= 0.3 is 0 Å². The Morgan fingerprint density at radius 3 is 2.30 bits per heavy atom. The second-order valence-corrected chi connectivity index (χ2v) is 11.3. The van der Waals surface area contributed by atoms with Crippen LogP contribution in [-0.4, -0.2) is 105 Å². The van der Waals surface area contributed by atoms with Crippen molar-refractivity contribution >= 4 is 59.0 Å². The van der Waals surface area contributed by atoms with Crippen LogP contribution in [0.4, 0.5) is 11.4 Å². The number of sulfone groups is 1. The summed E-state index contributed by atoms with van der Waals surface area (Å²) in [6, 6.07) is 2.36. The molecule has 0 saturated carbocycles. The van der Waals surface area contributed by atoms with Crippen molar-refractivity contribution in [2.24, 2.45) is 0 Å². The lowest BCUT2D eigenvalue weighted by molar-refractivity contribution is -0.385. The minimum Gasteiger partial charge on any atom is -0.379 e. The summed E-state index contributed by atoms with van der Waals surface area (Å²) < 4.78 is 30.3. The standard InChI is InChI=1S/C20H30Br2N4O6S/c1-23(6-3-7-24-10-12-32-13-11-24)20(27)16-14-18(25(8-4-21)9-5-22)19(33(2,30)31)15-17(16)26(28)29/h14-15H,3-13H2,1-2H3. The van der Waals surface area contributed by atoms with Crippen LogP contribution in [0, 0.1) is 10.1 Å². The van der Waals surface area contributed by atoms with E-state index in [4.69, 9.17) is 4.74 Å². The van der Waals surface area contributed by atoms with Crippen molar-refractivity contribution < 1.29 is 22.9 Å². The van der Waals surface area contributed by atoms with Crippen molar-refractivity contribution in [1.82, 2.24) is 9.80 Å². The summed E-state index contributed by atoms with van der Waals surface area (Å²) in [6.07, 6.45) is 1.72. The Labute approximate surface area is 211 Å². The summed E-state index contributed by atoms with van der Waals surface area (Å²) in [5.74, 6) is -0.511. The fourth-order valence-electron chi connectivity index (χ4n) is 3.64. The van der Waals surface area contributed by atoms with Gasteiger partial charge in [0.2, 0.25) is 0 Å². The van der Waals surface area contributed by atoms with Crippen LogP contribution in [0.15, 0.2) is 17.0 Å². The van der Waals surface area contributed by atoms with E-state index in [-0.39, 0.29) is 16.1 Å². The Bertz CT molecular complexity index is 935. The molecule has 33 heavy (non-hydrogen) atoms. The number of hydrogen-bond acceptors (Lipinski definition) is 8. The van der Waals surface area contributed by atoms with Gasteiger partial charge in [-0.1, -0.05) is 31.9 Å². The molecule has 1 saturated heterocycles. The fourth-order valence-corrected chi connectivity index (χ4v) is 5.39. The maximum Gasteiger partial charge on any atom is 0.283 e. The average Bonchev–Trinajstić information content (AvgIpc) is 2.77. The average molecular weight is 614 g/mol. The van der Waals surface area contributed by atoms with E-state index in [2.05, 4.69) is 36.8 Å². The normalized spacial score (nSPS) is 14.8. The van der Waals surface area contributed by atoms with Gasteiger partial charge in [0, 0.05) is 69.3 Å². The summed E-state index contributed by atoms with van der Waals surface area (Å²) in [7, 11) is -2.18. The van der Waals surface area contributed by atoms with Crippen LogP contribution < -0.4 is 4.90 Å². The highest BCUT2D eigenvalue weighted by Gasteiger charge is 2.30. The highest BCUT2D eigenvalue weighted by Crippen LogP contribution is 2.34. The van der Waals surface area contributed by atoms with E-state index in [1.807, 2.05) is 0 Å². The van der Waals surface area contributed by atoms with E-state index >= 15 is 0 Å². The molecule has 0 N–H and O–H groups in total.